The van der Waals surface area contributed by atoms with Crippen molar-refractivity contribution in [2.45, 2.75) is 50.7 Å². The highest BCUT2D eigenvalue weighted by Crippen LogP contribution is 2.37. The van der Waals surface area contributed by atoms with Crippen LogP contribution in [0.25, 0.3) is 0 Å². The van der Waals surface area contributed by atoms with Crippen molar-refractivity contribution in [3.63, 3.8) is 0 Å². The lowest BCUT2D eigenvalue weighted by Gasteiger charge is -2.31. The van der Waals surface area contributed by atoms with Crippen LogP contribution in [0.4, 0.5) is 13.2 Å². The Kier molecular flexibility index (Phi) is 6.27. The smallest absolute Gasteiger partial charge is 0.385 e. The summed E-state index contributed by atoms with van der Waals surface area (Å²) < 4.78 is 42.6. The molecule has 0 heterocycles. The molecular weight excluding hydrogens is 231 g/mol. The van der Waals surface area contributed by atoms with Crippen LogP contribution in [0.5, 0.6) is 0 Å². The summed E-state index contributed by atoms with van der Waals surface area (Å²) in [4.78, 5) is 0. The molecule has 2 nitrogen and oxygen atoms in total. The summed E-state index contributed by atoms with van der Waals surface area (Å²) in [5, 5.41) is 3.23. The Bertz CT molecular complexity index is 208. The van der Waals surface area contributed by atoms with Crippen molar-refractivity contribution in [3.8, 4) is 0 Å². The van der Waals surface area contributed by atoms with Crippen molar-refractivity contribution in [1.82, 2.24) is 5.32 Å². The second-order valence-electron chi connectivity index (χ2n) is 4.76. The van der Waals surface area contributed by atoms with Gasteiger partial charge in [-0.05, 0) is 38.6 Å². The largest absolute Gasteiger partial charge is 0.391 e. The molecule has 2 atom stereocenters. The van der Waals surface area contributed by atoms with Crippen molar-refractivity contribution in [2.24, 2.45) is 5.92 Å². The summed E-state index contributed by atoms with van der Waals surface area (Å²) >= 11 is 0. The van der Waals surface area contributed by atoms with Crippen LogP contribution in [0, 0.1) is 5.92 Å². The molecule has 0 spiro atoms. The summed E-state index contributed by atoms with van der Waals surface area (Å²) in [6.07, 6.45) is -0.00769. The number of nitrogens with one attached hydrogen (secondary N) is 1. The first-order valence-corrected chi connectivity index (χ1v) is 6.33. The predicted octanol–water partition coefficient (Wildman–Crippen LogP) is 3.12. The maximum atomic E-state index is 12.6. The van der Waals surface area contributed by atoms with Gasteiger partial charge in [-0.2, -0.15) is 13.2 Å². The van der Waals surface area contributed by atoms with E-state index in [1.807, 2.05) is 0 Å². The Morgan fingerprint density at radius 2 is 2.00 bits per heavy atom. The fourth-order valence-electron chi connectivity index (χ4n) is 2.35. The van der Waals surface area contributed by atoms with E-state index in [9.17, 15) is 13.2 Å². The van der Waals surface area contributed by atoms with Gasteiger partial charge in [0, 0.05) is 19.8 Å². The second kappa shape index (κ2) is 7.21. The minimum Gasteiger partial charge on any atom is -0.385 e. The number of unbranched alkanes of at least 4 members (excludes halogenated alkanes) is 1. The third-order valence-electron chi connectivity index (χ3n) is 3.35. The predicted molar refractivity (Wildman–Crippen MR) is 60.9 cm³/mol. The third-order valence-corrected chi connectivity index (χ3v) is 3.35. The molecule has 102 valence electrons. The fraction of sp³-hybridized carbons (Fsp3) is 1.00. The Labute approximate surface area is 101 Å². The number of halogens is 3. The molecule has 1 aliphatic carbocycles. The normalized spacial score (nSPS) is 26.1. The molecule has 17 heavy (non-hydrogen) atoms. The zero-order valence-corrected chi connectivity index (χ0v) is 10.4. The number of hydrogen-bond acceptors (Lipinski definition) is 2. The van der Waals surface area contributed by atoms with Gasteiger partial charge in [0.1, 0.15) is 0 Å². The van der Waals surface area contributed by atoms with E-state index in [1.54, 1.807) is 7.11 Å². The summed E-state index contributed by atoms with van der Waals surface area (Å²) in [6.45, 7) is 1.51. The molecule has 1 N–H and O–H groups in total. The van der Waals surface area contributed by atoms with Gasteiger partial charge in [-0.25, -0.2) is 0 Å². The molecule has 0 bridgehead atoms. The standard InChI is InChI=1S/C12H22F3NO/c1-17-8-3-2-7-16-11-6-4-5-10(9-11)12(13,14)15/h10-11,16H,2-9H2,1H3. The zero-order valence-electron chi connectivity index (χ0n) is 10.4. The fourth-order valence-corrected chi connectivity index (χ4v) is 2.35. The third kappa shape index (κ3) is 5.73. The van der Waals surface area contributed by atoms with Crippen LogP contribution in [0.2, 0.25) is 0 Å². The summed E-state index contributed by atoms with van der Waals surface area (Å²) in [5.41, 5.74) is 0. The molecule has 2 unspecified atom stereocenters. The van der Waals surface area contributed by atoms with Gasteiger partial charge < -0.3 is 10.1 Å². The molecule has 5 heteroatoms. The molecule has 0 aromatic rings. The van der Waals surface area contributed by atoms with E-state index in [1.165, 1.54) is 0 Å². The first-order valence-electron chi connectivity index (χ1n) is 6.33. The van der Waals surface area contributed by atoms with Crippen molar-refractivity contribution >= 4 is 0 Å². The van der Waals surface area contributed by atoms with Gasteiger partial charge in [-0.1, -0.05) is 6.42 Å². The second-order valence-corrected chi connectivity index (χ2v) is 4.76. The van der Waals surface area contributed by atoms with E-state index in [0.29, 0.717) is 12.8 Å². The minimum absolute atomic E-state index is 0.0397. The molecule has 1 saturated carbocycles. The molecule has 0 radical (unpaired) electrons. The minimum atomic E-state index is -4.02. The summed E-state index contributed by atoms with van der Waals surface area (Å²) in [6, 6.07) is 0.0397. The molecule has 0 aliphatic heterocycles. The quantitative estimate of drug-likeness (QED) is 0.734. The zero-order chi connectivity index (χ0) is 12.7. The summed E-state index contributed by atoms with van der Waals surface area (Å²) in [7, 11) is 1.66. The molecular formula is C12H22F3NO. The van der Waals surface area contributed by atoms with Gasteiger partial charge in [0.15, 0.2) is 0 Å². The highest BCUT2D eigenvalue weighted by Gasteiger charge is 2.41. The first kappa shape index (κ1) is 14.8. The van der Waals surface area contributed by atoms with Crippen LogP contribution in [0.15, 0.2) is 0 Å². The van der Waals surface area contributed by atoms with Crippen LogP contribution in [0.1, 0.15) is 38.5 Å². The maximum absolute atomic E-state index is 12.6. The van der Waals surface area contributed by atoms with Gasteiger partial charge in [0.25, 0.3) is 0 Å². The van der Waals surface area contributed by atoms with Gasteiger partial charge >= 0.3 is 6.18 Å². The summed E-state index contributed by atoms with van der Waals surface area (Å²) in [5.74, 6) is -1.10. The van der Waals surface area contributed by atoms with Crippen LogP contribution in [-0.4, -0.2) is 32.5 Å². The Hall–Kier alpha value is -0.290. The van der Waals surface area contributed by atoms with E-state index in [4.69, 9.17) is 4.74 Å². The van der Waals surface area contributed by atoms with E-state index in [-0.39, 0.29) is 12.5 Å². The van der Waals surface area contributed by atoms with Gasteiger partial charge in [0.2, 0.25) is 0 Å². The van der Waals surface area contributed by atoms with E-state index < -0.39 is 12.1 Å². The van der Waals surface area contributed by atoms with Crippen molar-refractivity contribution in [3.05, 3.63) is 0 Å². The van der Waals surface area contributed by atoms with Crippen LogP contribution in [0.3, 0.4) is 0 Å². The SMILES string of the molecule is COCCCCNC1CCCC(C(F)(F)F)C1. The monoisotopic (exact) mass is 253 g/mol. The van der Waals surface area contributed by atoms with E-state index in [2.05, 4.69) is 5.32 Å². The van der Waals surface area contributed by atoms with Crippen LogP contribution in [-0.2, 0) is 4.74 Å². The number of hydrogen-bond donors (Lipinski definition) is 1. The van der Waals surface area contributed by atoms with Crippen LogP contribution < -0.4 is 5.32 Å². The first-order chi connectivity index (χ1) is 8.04. The topological polar surface area (TPSA) is 21.3 Å². The van der Waals surface area contributed by atoms with Crippen molar-refractivity contribution < 1.29 is 17.9 Å². The Morgan fingerprint density at radius 3 is 2.65 bits per heavy atom. The lowest BCUT2D eigenvalue weighted by Crippen LogP contribution is -2.39. The molecule has 1 fully saturated rings. The lowest BCUT2D eigenvalue weighted by molar-refractivity contribution is -0.183. The number of ether oxygens (including phenoxy) is 1. The molecule has 0 saturated heterocycles. The van der Waals surface area contributed by atoms with E-state index in [0.717, 1.165) is 32.4 Å². The highest BCUT2D eigenvalue weighted by atomic mass is 19.4. The van der Waals surface area contributed by atoms with Crippen molar-refractivity contribution in [1.29, 1.82) is 0 Å². The van der Waals surface area contributed by atoms with E-state index >= 15 is 0 Å². The Morgan fingerprint density at radius 1 is 1.24 bits per heavy atom. The lowest BCUT2D eigenvalue weighted by atomic mass is 9.85. The molecule has 0 amide bonds. The van der Waals surface area contributed by atoms with Gasteiger partial charge in [-0.15, -0.1) is 0 Å². The highest BCUT2D eigenvalue weighted by molar-refractivity contribution is 4.81. The van der Waals surface area contributed by atoms with Gasteiger partial charge in [-0.3, -0.25) is 0 Å². The molecule has 0 aromatic heterocycles. The number of alkyl halides is 3. The number of methoxy groups -OCH3 is 1. The molecule has 1 rings (SSSR count). The Balaban J connectivity index is 2.17. The average molecular weight is 253 g/mol. The molecule has 0 aromatic carbocycles. The number of rotatable bonds is 6. The van der Waals surface area contributed by atoms with Crippen LogP contribution >= 0.6 is 0 Å². The van der Waals surface area contributed by atoms with Crippen molar-refractivity contribution in [2.75, 3.05) is 20.3 Å². The average Bonchev–Trinajstić information content (AvgIpc) is 2.28. The maximum Gasteiger partial charge on any atom is 0.391 e. The van der Waals surface area contributed by atoms with Gasteiger partial charge in [0.05, 0.1) is 5.92 Å². The molecule has 1 aliphatic rings.